The lowest BCUT2D eigenvalue weighted by molar-refractivity contribution is -0.271. The fourth-order valence-electron chi connectivity index (χ4n) is 1.63. The fourth-order valence-corrected chi connectivity index (χ4v) is 1.63. The van der Waals surface area contributed by atoms with Gasteiger partial charge in [-0.3, -0.25) is 0 Å². The molecule has 0 rings (SSSR count). The van der Waals surface area contributed by atoms with Crippen molar-refractivity contribution >= 4 is 0 Å². The standard InChI is InChI=1S/C12H12F14O/c13-7(14,9(17,18)5-11(21,22)23)1-3-27-4-2-8(15,16)10(19,20)6-12(24,25)26/h1-6H2. The number of ether oxygens (including phenoxy) is 1. The molecule has 0 atom stereocenters. The van der Waals surface area contributed by atoms with Gasteiger partial charge in [-0.1, -0.05) is 0 Å². The lowest BCUT2D eigenvalue weighted by atomic mass is 10.0. The zero-order valence-corrected chi connectivity index (χ0v) is 12.9. The number of halogens is 14. The van der Waals surface area contributed by atoms with Crippen molar-refractivity contribution in [1.29, 1.82) is 0 Å². The van der Waals surface area contributed by atoms with E-state index in [4.69, 9.17) is 0 Å². The molecule has 0 heterocycles. The van der Waals surface area contributed by atoms with E-state index in [2.05, 4.69) is 4.74 Å². The topological polar surface area (TPSA) is 9.23 Å². The normalized spacial score (nSPS) is 15.3. The van der Waals surface area contributed by atoms with E-state index in [1.54, 1.807) is 0 Å². The third-order valence-electron chi connectivity index (χ3n) is 3.04. The summed E-state index contributed by atoms with van der Waals surface area (Å²) in [7, 11) is 0. The first kappa shape index (κ1) is 26.0. The molecular formula is C12H12F14O. The average Bonchev–Trinajstić information content (AvgIpc) is 2.31. The number of hydrogen-bond acceptors (Lipinski definition) is 1. The molecule has 0 aliphatic rings. The molecule has 15 heteroatoms. The maximum absolute atomic E-state index is 13.0. The Morgan fingerprint density at radius 1 is 0.407 bits per heavy atom. The summed E-state index contributed by atoms with van der Waals surface area (Å²) in [5, 5.41) is 0. The second-order valence-electron chi connectivity index (χ2n) is 5.51. The second kappa shape index (κ2) is 8.15. The van der Waals surface area contributed by atoms with Gasteiger partial charge in [0.2, 0.25) is 0 Å². The third-order valence-corrected chi connectivity index (χ3v) is 3.04. The van der Waals surface area contributed by atoms with E-state index in [0.29, 0.717) is 0 Å². The van der Waals surface area contributed by atoms with Crippen LogP contribution in [0.3, 0.4) is 0 Å². The van der Waals surface area contributed by atoms with Gasteiger partial charge < -0.3 is 4.74 Å². The van der Waals surface area contributed by atoms with Gasteiger partial charge in [-0.05, 0) is 0 Å². The summed E-state index contributed by atoms with van der Waals surface area (Å²) in [4.78, 5) is 0. The highest BCUT2D eigenvalue weighted by Crippen LogP contribution is 2.45. The Labute approximate surface area is 142 Å². The van der Waals surface area contributed by atoms with Crippen molar-refractivity contribution in [2.45, 2.75) is 61.7 Å². The van der Waals surface area contributed by atoms with Crippen LogP contribution in [0, 0.1) is 0 Å². The van der Waals surface area contributed by atoms with Gasteiger partial charge in [0.25, 0.3) is 0 Å². The van der Waals surface area contributed by atoms with Crippen molar-refractivity contribution in [3.63, 3.8) is 0 Å². The Morgan fingerprint density at radius 2 is 0.667 bits per heavy atom. The van der Waals surface area contributed by atoms with Crippen molar-refractivity contribution in [2.24, 2.45) is 0 Å². The first-order chi connectivity index (χ1) is 11.6. The zero-order valence-electron chi connectivity index (χ0n) is 12.9. The van der Waals surface area contributed by atoms with E-state index >= 15 is 0 Å². The van der Waals surface area contributed by atoms with Gasteiger partial charge in [0.1, 0.15) is 12.8 Å². The molecule has 0 radical (unpaired) electrons. The molecule has 0 aromatic heterocycles. The van der Waals surface area contributed by atoms with Crippen LogP contribution < -0.4 is 0 Å². The highest BCUT2D eigenvalue weighted by Gasteiger charge is 2.61. The van der Waals surface area contributed by atoms with E-state index in [1.165, 1.54) is 0 Å². The zero-order chi connectivity index (χ0) is 21.9. The Kier molecular flexibility index (Phi) is 7.84. The van der Waals surface area contributed by atoms with Gasteiger partial charge >= 0.3 is 36.0 Å². The molecule has 0 amide bonds. The van der Waals surface area contributed by atoms with Crippen molar-refractivity contribution in [3.05, 3.63) is 0 Å². The highest BCUT2D eigenvalue weighted by molar-refractivity contribution is 4.88. The average molecular weight is 438 g/mol. The van der Waals surface area contributed by atoms with Crippen LogP contribution in [0.15, 0.2) is 0 Å². The minimum atomic E-state index is -5.64. The summed E-state index contributed by atoms with van der Waals surface area (Å²) < 4.78 is 178. The summed E-state index contributed by atoms with van der Waals surface area (Å²) in [6, 6.07) is 0. The van der Waals surface area contributed by atoms with Crippen molar-refractivity contribution in [3.8, 4) is 0 Å². The Morgan fingerprint density at radius 3 is 0.889 bits per heavy atom. The lowest BCUT2D eigenvalue weighted by Gasteiger charge is -2.28. The molecule has 0 saturated heterocycles. The fraction of sp³-hybridized carbons (Fsp3) is 1.00. The molecule has 1 nitrogen and oxygen atoms in total. The highest BCUT2D eigenvalue weighted by atomic mass is 19.4. The van der Waals surface area contributed by atoms with Gasteiger partial charge in [-0.25, -0.2) is 0 Å². The van der Waals surface area contributed by atoms with E-state index in [9.17, 15) is 61.5 Å². The van der Waals surface area contributed by atoms with Crippen molar-refractivity contribution in [2.75, 3.05) is 13.2 Å². The predicted octanol–water partition coefficient (Wildman–Crippen LogP) is 6.23. The quantitative estimate of drug-likeness (QED) is 0.290. The number of hydrogen-bond donors (Lipinski definition) is 0. The van der Waals surface area contributed by atoms with Gasteiger partial charge in [0, 0.05) is 12.8 Å². The molecule has 0 aromatic carbocycles. The van der Waals surface area contributed by atoms with Crippen molar-refractivity contribution < 1.29 is 66.2 Å². The van der Waals surface area contributed by atoms with Crippen LogP contribution in [0.2, 0.25) is 0 Å². The summed E-state index contributed by atoms with van der Waals surface area (Å²) in [5.74, 6) is -21.6. The third kappa shape index (κ3) is 8.68. The van der Waals surface area contributed by atoms with Crippen LogP contribution in [-0.2, 0) is 4.74 Å². The van der Waals surface area contributed by atoms with Gasteiger partial charge in [0.15, 0.2) is 0 Å². The molecule has 0 fully saturated rings. The Bertz CT molecular complexity index is 422. The lowest BCUT2D eigenvalue weighted by Crippen LogP contribution is -2.45. The molecule has 0 saturated carbocycles. The van der Waals surface area contributed by atoms with Crippen LogP contribution in [-0.4, -0.2) is 49.3 Å². The van der Waals surface area contributed by atoms with Crippen LogP contribution in [0.5, 0.6) is 0 Å². The van der Waals surface area contributed by atoms with E-state index in [-0.39, 0.29) is 0 Å². The van der Waals surface area contributed by atoms with E-state index in [1.807, 2.05) is 0 Å². The minimum absolute atomic E-state index is 1.53. The van der Waals surface area contributed by atoms with Gasteiger partial charge in [0.05, 0.1) is 13.2 Å². The Hall–Kier alpha value is -1.02. The molecule has 0 aliphatic carbocycles. The summed E-state index contributed by atoms with van der Waals surface area (Å²) in [6.07, 6.45) is -21.8. The molecule has 0 aliphatic heterocycles. The Balaban J connectivity index is 4.57. The summed E-state index contributed by atoms with van der Waals surface area (Å²) >= 11 is 0. The van der Waals surface area contributed by atoms with Gasteiger partial charge in [-0.15, -0.1) is 0 Å². The van der Waals surface area contributed by atoms with Crippen molar-refractivity contribution in [1.82, 2.24) is 0 Å². The molecule has 0 aromatic rings. The molecule has 164 valence electrons. The smallest absolute Gasteiger partial charge is 0.381 e. The molecule has 0 spiro atoms. The van der Waals surface area contributed by atoms with Gasteiger partial charge in [-0.2, -0.15) is 61.5 Å². The summed E-state index contributed by atoms with van der Waals surface area (Å²) in [6.45, 7) is -3.05. The maximum Gasteiger partial charge on any atom is 0.395 e. The second-order valence-corrected chi connectivity index (χ2v) is 5.51. The number of alkyl halides is 14. The molecule has 0 unspecified atom stereocenters. The summed E-state index contributed by atoms with van der Waals surface area (Å²) in [5.41, 5.74) is 0. The van der Waals surface area contributed by atoms with Crippen LogP contribution in [0.4, 0.5) is 61.5 Å². The first-order valence-electron chi connectivity index (χ1n) is 6.84. The SMILES string of the molecule is FC(F)(F)CC(F)(F)C(F)(F)CCOCCC(F)(F)C(F)(F)CC(F)(F)F. The number of rotatable bonds is 10. The van der Waals surface area contributed by atoms with Crippen LogP contribution in [0.25, 0.3) is 0 Å². The first-order valence-corrected chi connectivity index (χ1v) is 6.84. The maximum atomic E-state index is 13.0. The monoisotopic (exact) mass is 438 g/mol. The van der Waals surface area contributed by atoms with Crippen LogP contribution in [0.1, 0.15) is 25.7 Å². The largest absolute Gasteiger partial charge is 0.395 e. The molecule has 27 heavy (non-hydrogen) atoms. The minimum Gasteiger partial charge on any atom is -0.381 e. The predicted molar refractivity (Wildman–Crippen MR) is 61.2 cm³/mol. The van der Waals surface area contributed by atoms with E-state index in [0.717, 1.165) is 0 Å². The molecule has 0 bridgehead atoms. The molecular weight excluding hydrogens is 426 g/mol. The molecule has 0 N–H and O–H groups in total. The van der Waals surface area contributed by atoms with Crippen LogP contribution >= 0.6 is 0 Å². The van der Waals surface area contributed by atoms with E-state index < -0.39 is 74.9 Å².